The van der Waals surface area contributed by atoms with Gasteiger partial charge in [0.2, 0.25) is 0 Å². The molecule has 0 bridgehead atoms. The Kier molecular flexibility index (Phi) is 6.94. The molecule has 1 aromatic carbocycles. The van der Waals surface area contributed by atoms with Gasteiger partial charge in [0, 0.05) is 18.7 Å². The highest BCUT2D eigenvalue weighted by atomic mass is 14.9. The first-order valence-corrected chi connectivity index (χ1v) is 11.7. The Morgan fingerprint density at radius 2 is 1.57 bits per heavy atom. The fourth-order valence-corrected chi connectivity index (χ4v) is 6.23. The molecule has 0 aliphatic heterocycles. The maximum atomic E-state index is 4.27. The third-order valence-electron chi connectivity index (χ3n) is 7.08. The van der Waals surface area contributed by atoms with Crippen LogP contribution in [0.15, 0.2) is 36.5 Å². The summed E-state index contributed by atoms with van der Waals surface area (Å²) >= 11 is 0. The van der Waals surface area contributed by atoms with E-state index in [2.05, 4.69) is 63.9 Å². The Morgan fingerprint density at radius 1 is 0.964 bits per heavy atom. The smallest absolute Gasteiger partial charge is 0.0146 e. The van der Waals surface area contributed by atoms with E-state index in [0.29, 0.717) is 16.7 Å². The van der Waals surface area contributed by atoms with Gasteiger partial charge in [-0.2, -0.15) is 0 Å². The largest absolute Gasteiger partial charge is 0.389 e. The van der Waals surface area contributed by atoms with E-state index in [1.165, 1.54) is 74.6 Å². The van der Waals surface area contributed by atoms with E-state index < -0.39 is 0 Å². The lowest BCUT2D eigenvalue weighted by Gasteiger charge is -2.45. The van der Waals surface area contributed by atoms with Crippen molar-refractivity contribution in [2.75, 3.05) is 6.54 Å². The van der Waals surface area contributed by atoms with E-state index >= 15 is 0 Å². The highest BCUT2D eigenvalue weighted by Gasteiger charge is 2.38. The van der Waals surface area contributed by atoms with Gasteiger partial charge in [0.05, 0.1) is 0 Å². The van der Waals surface area contributed by atoms with Crippen molar-refractivity contribution in [1.82, 2.24) is 5.32 Å². The molecule has 0 spiro atoms. The SMILES string of the molecule is C=C(Cc1ccc(C2CC(C)(C)CC(C)(C)C2)cc1)NCCC1CCCCC1. The molecule has 1 aromatic rings. The first kappa shape index (κ1) is 21.5. The van der Waals surface area contributed by atoms with Crippen molar-refractivity contribution in [3.8, 4) is 0 Å². The molecule has 0 aromatic heterocycles. The van der Waals surface area contributed by atoms with E-state index in [1.54, 1.807) is 0 Å². The molecule has 0 amide bonds. The lowest BCUT2D eigenvalue weighted by atomic mass is 9.60. The van der Waals surface area contributed by atoms with Gasteiger partial charge in [-0.25, -0.2) is 0 Å². The molecule has 2 aliphatic carbocycles. The van der Waals surface area contributed by atoms with Gasteiger partial charge in [-0.05, 0) is 59.5 Å². The predicted molar refractivity (Wildman–Crippen MR) is 123 cm³/mol. The van der Waals surface area contributed by atoms with Crippen LogP contribution in [0.25, 0.3) is 0 Å². The maximum absolute atomic E-state index is 4.27. The van der Waals surface area contributed by atoms with Crippen LogP contribution in [0.4, 0.5) is 0 Å². The molecular weight excluding hydrogens is 338 g/mol. The molecule has 28 heavy (non-hydrogen) atoms. The van der Waals surface area contributed by atoms with Crippen molar-refractivity contribution in [3.63, 3.8) is 0 Å². The van der Waals surface area contributed by atoms with Crippen LogP contribution in [0.2, 0.25) is 0 Å². The average Bonchev–Trinajstić information content (AvgIpc) is 2.60. The fraction of sp³-hybridized carbons (Fsp3) is 0.704. The van der Waals surface area contributed by atoms with Crippen molar-refractivity contribution in [3.05, 3.63) is 47.7 Å². The first-order chi connectivity index (χ1) is 13.2. The van der Waals surface area contributed by atoms with E-state index in [0.717, 1.165) is 18.9 Å². The van der Waals surface area contributed by atoms with Crippen molar-refractivity contribution in [2.45, 2.75) is 97.8 Å². The molecule has 2 saturated carbocycles. The Bertz CT molecular complexity index is 615. The number of rotatable bonds is 7. The number of benzene rings is 1. The summed E-state index contributed by atoms with van der Waals surface area (Å²) < 4.78 is 0. The summed E-state index contributed by atoms with van der Waals surface area (Å²) in [7, 11) is 0. The van der Waals surface area contributed by atoms with E-state index in [4.69, 9.17) is 0 Å². The van der Waals surface area contributed by atoms with Crippen molar-refractivity contribution in [1.29, 1.82) is 0 Å². The standard InChI is InChI=1S/C27H43N/c1-21(28-16-15-22-9-7-6-8-10-22)17-23-11-13-24(14-12-23)25-18-26(2,3)20-27(4,5)19-25/h11-14,22,25,28H,1,6-10,15-20H2,2-5H3. The fourth-order valence-electron chi connectivity index (χ4n) is 6.23. The molecule has 0 unspecified atom stereocenters. The number of allylic oxidation sites excluding steroid dienone is 1. The van der Waals surface area contributed by atoms with Crippen LogP contribution in [-0.2, 0) is 6.42 Å². The zero-order chi connectivity index (χ0) is 20.2. The summed E-state index contributed by atoms with van der Waals surface area (Å²) in [6, 6.07) is 9.43. The normalized spacial score (nSPS) is 22.7. The zero-order valence-electron chi connectivity index (χ0n) is 18.9. The molecule has 3 rings (SSSR count). The van der Waals surface area contributed by atoms with Crippen LogP contribution in [0, 0.1) is 16.7 Å². The Morgan fingerprint density at radius 3 is 2.18 bits per heavy atom. The third kappa shape index (κ3) is 6.39. The molecule has 156 valence electrons. The zero-order valence-corrected chi connectivity index (χ0v) is 18.9. The molecule has 2 fully saturated rings. The van der Waals surface area contributed by atoms with Crippen LogP contribution in [-0.4, -0.2) is 6.54 Å². The minimum absolute atomic E-state index is 0.446. The molecular formula is C27H43N. The third-order valence-corrected chi connectivity index (χ3v) is 7.08. The van der Waals surface area contributed by atoms with E-state index in [-0.39, 0.29) is 0 Å². The molecule has 1 nitrogen and oxygen atoms in total. The van der Waals surface area contributed by atoms with Gasteiger partial charge in [-0.15, -0.1) is 0 Å². The summed E-state index contributed by atoms with van der Waals surface area (Å²) in [6.45, 7) is 15.1. The summed E-state index contributed by atoms with van der Waals surface area (Å²) in [4.78, 5) is 0. The van der Waals surface area contributed by atoms with Crippen LogP contribution >= 0.6 is 0 Å². The van der Waals surface area contributed by atoms with E-state index in [9.17, 15) is 0 Å². The van der Waals surface area contributed by atoms with Gasteiger partial charge < -0.3 is 5.32 Å². The number of nitrogens with one attached hydrogen (secondary N) is 1. The summed E-state index contributed by atoms with van der Waals surface area (Å²) in [5.74, 6) is 1.64. The van der Waals surface area contributed by atoms with Gasteiger partial charge in [-0.1, -0.05) is 90.6 Å². The Balaban J connectivity index is 1.48. The monoisotopic (exact) mass is 381 g/mol. The minimum Gasteiger partial charge on any atom is -0.389 e. The van der Waals surface area contributed by atoms with Crippen molar-refractivity contribution in [2.24, 2.45) is 16.7 Å². The number of hydrogen-bond donors (Lipinski definition) is 1. The molecule has 0 radical (unpaired) electrons. The van der Waals surface area contributed by atoms with Crippen LogP contribution in [0.1, 0.15) is 103 Å². The molecule has 0 atom stereocenters. The van der Waals surface area contributed by atoms with Crippen LogP contribution in [0.3, 0.4) is 0 Å². The predicted octanol–water partition coefficient (Wildman–Crippen LogP) is 7.62. The first-order valence-electron chi connectivity index (χ1n) is 11.7. The molecule has 0 heterocycles. The van der Waals surface area contributed by atoms with Crippen LogP contribution < -0.4 is 5.32 Å². The molecule has 2 aliphatic rings. The van der Waals surface area contributed by atoms with Gasteiger partial charge in [-0.3, -0.25) is 0 Å². The molecule has 1 heteroatoms. The lowest BCUT2D eigenvalue weighted by molar-refractivity contribution is 0.0969. The quantitative estimate of drug-likeness (QED) is 0.512. The van der Waals surface area contributed by atoms with Gasteiger partial charge in [0.25, 0.3) is 0 Å². The highest BCUT2D eigenvalue weighted by Crippen LogP contribution is 2.51. The van der Waals surface area contributed by atoms with Gasteiger partial charge in [0.1, 0.15) is 0 Å². The lowest BCUT2D eigenvalue weighted by Crippen LogP contribution is -2.32. The minimum atomic E-state index is 0.446. The van der Waals surface area contributed by atoms with Gasteiger partial charge >= 0.3 is 0 Å². The van der Waals surface area contributed by atoms with E-state index in [1.807, 2.05) is 0 Å². The second-order valence-corrected chi connectivity index (χ2v) is 11.4. The van der Waals surface area contributed by atoms with Crippen molar-refractivity contribution >= 4 is 0 Å². The topological polar surface area (TPSA) is 12.0 Å². The molecule has 1 N–H and O–H groups in total. The summed E-state index contributed by atoms with van der Waals surface area (Å²) in [6.07, 6.45) is 13.4. The second kappa shape index (κ2) is 9.06. The number of hydrogen-bond acceptors (Lipinski definition) is 1. The van der Waals surface area contributed by atoms with Gasteiger partial charge in [0.15, 0.2) is 0 Å². The summed E-state index contributed by atoms with van der Waals surface area (Å²) in [5.41, 5.74) is 4.97. The second-order valence-electron chi connectivity index (χ2n) is 11.4. The Hall–Kier alpha value is -1.24. The Labute approximate surface area is 174 Å². The van der Waals surface area contributed by atoms with Crippen molar-refractivity contribution < 1.29 is 0 Å². The molecule has 0 saturated heterocycles. The summed E-state index contributed by atoms with van der Waals surface area (Å²) in [5, 5.41) is 3.58. The van der Waals surface area contributed by atoms with Crippen LogP contribution in [0.5, 0.6) is 0 Å². The maximum Gasteiger partial charge on any atom is 0.0146 e. The average molecular weight is 382 g/mol. The highest BCUT2D eigenvalue weighted by molar-refractivity contribution is 5.28.